The van der Waals surface area contributed by atoms with E-state index in [1.165, 1.54) is 4.88 Å². The van der Waals surface area contributed by atoms with Gasteiger partial charge in [-0.05, 0) is 24.1 Å². The van der Waals surface area contributed by atoms with Crippen LogP contribution in [0.1, 0.15) is 4.88 Å². The van der Waals surface area contributed by atoms with Crippen molar-refractivity contribution in [1.29, 1.82) is 0 Å². The van der Waals surface area contributed by atoms with Crippen molar-refractivity contribution in [3.8, 4) is 0 Å². The molecular formula is C11H13N3S2. The molecule has 0 amide bonds. The quantitative estimate of drug-likeness (QED) is 0.655. The molecule has 0 aliphatic heterocycles. The topological polar surface area (TPSA) is 37.8 Å². The van der Waals surface area contributed by atoms with Crippen LogP contribution >= 0.6 is 23.1 Å². The van der Waals surface area contributed by atoms with E-state index in [0.717, 1.165) is 23.8 Å². The van der Waals surface area contributed by atoms with E-state index in [1.807, 2.05) is 12.3 Å². The monoisotopic (exact) mass is 251 g/mol. The van der Waals surface area contributed by atoms with Gasteiger partial charge in [-0.25, -0.2) is 9.97 Å². The van der Waals surface area contributed by atoms with E-state index in [9.17, 15) is 0 Å². The smallest absolute Gasteiger partial charge is 0.130 e. The standard InChI is InChI=1S/C11H13N3S2/c1-15-11-7-10(13-8-14-11)12-5-4-9-3-2-6-16-9/h2-3,6-8H,4-5H2,1H3,(H,12,13,14). The molecule has 0 fully saturated rings. The van der Waals surface area contributed by atoms with Crippen molar-refractivity contribution in [3.63, 3.8) is 0 Å². The summed E-state index contributed by atoms with van der Waals surface area (Å²) < 4.78 is 0. The Balaban J connectivity index is 1.85. The SMILES string of the molecule is CSc1cc(NCCc2cccs2)ncn1. The molecule has 2 aromatic rings. The highest BCUT2D eigenvalue weighted by Gasteiger charge is 1.97. The fourth-order valence-corrected chi connectivity index (χ4v) is 2.41. The van der Waals surface area contributed by atoms with Crippen LogP contribution < -0.4 is 5.32 Å². The molecule has 2 aromatic heterocycles. The Morgan fingerprint density at radius 3 is 3.12 bits per heavy atom. The average Bonchev–Trinajstić information content (AvgIpc) is 2.82. The highest BCUT2D eigenvalue weighted by atomic mass is 32.2. The molecule has 0 atom stereocenters. The van der Waals surface area contributed by atoms with Gasteiger partial charge in [0.1, 0.15) is 17.2 Å². The van der Waals surface area contributed by atoms with E-state index in [0.29, 0.717) is 0 Å². The van der Waals surface area contributed by atoms with E-state index in [-0.39, 0.29) is 0 Å². The third-order valence-corrected chi connectivity index (χ3v) is 3.69. The molecule has 0 bridgehead atoms. The van der Waals surface area contributed by atoms with Crippen molar-refractivity contribution < 1.29 is 0 Å². The van der Waals surface area contributed by atoms with Gasteiger partial charge >= 0.3 is 0 Å². The Bertz CT molecular complexity index is 429. The molecule has 2 heterocycles. The summed E-state index contributed by atoms with van der Waals surface area (Å²) in [5.41, 5.74) is 0. The Labute approximate surface area is 103 Å². The Morgan fingerprint density at radius 1 is 1.44 bits per heavy atom. The van der Waals surface area contributed by atoms with Crippen molar-refractivity contribution in [2.45, 2.75) is 11.4 Å². The van der Waals surface area contributed by atoms with Gasteiger partial charge in [-0.1, -0.05) is 6.07 Å². The maximum atomic E-state index is 4.17. The third kappa shape index (κ3) is 3.21. The zero-order chi connectivity index (χ0) is 11.2. The number of nitrogens with one attached hydrogen (secondary N) is 1. The summed E-state index contributed by atoms with van der Waals surface area (Å²) in [6, 6.07) is 6.20. The molecule has 2 rings (SSSR count). The van der Waals surface area contributed by atoms with Gasteiger partial charge in [-0.3, -0.25) is 0 Å². The minimum atomic E-state index is 0.899. The van der Waals surface area contributed by atoms with E-state index in [4.69, 9.17) is 0 Å². The lowest BCUT2D eigenvalue weighted by atomic mass is 10.3. The lowest BCUT2D eigenvalue weighted by Gasteiger charge is -2.04. The number of nitrogens with zero attached hydrogens (tertiary/aromatic N) is 2. The fourth-order valence-electron chi connectivity index (χ4n) is 1.32. The predicted octanol–water partition coefficient (Wildman–Crippen LogP) is 2.91. The lowest BCUT2D eigenvalue weighted by Crippen LogP contribution is -2.05. The van der Waals surface area contributed by atoms with E-state index in [2.05, 4.69) is 32.8 Å². The summed E-state index contributed by atoms with van der Waals surface area (Å²) in [5.74, 6) is 0.899. The maximum absolute atomic E-state index is 4.17. The van der Waals surface area contributed by atoms with Crippen LogP contribution in [0.4, 0.5) is 5.82 Å². The second kappa shape index (κ2) is 5.86. The first-order valence-electron chi connectivity index (χ1n) is 5.01. The second-order valence-electron chi connectivity index (χ2n) is 3.20. The van der Waals surface area contributed by atoms with Crippen LogP contribution in [0.3, 0.4) is 0 Å². The van der Waals surface area contributed by atoms with Crippen molar-refractivity contribution >= 4 is 28.9 Å². The second-order valence-corrected chi connectivity index (χ2v) is 5.06. The molecule has 16 heavy (non-hydrogen) atoms. The molecule has 84 valence electrons. The number of hydrogen-bond donors (Lipinski definition) is 1. The predicted molar refractivity (Wildman–Crippen MR) is 70.3 cm³/mol. The van der Waals surface area contributed by atoms with Gasteiger partial charge in [-0.15, -0.1) is 23.1 Å². The Morgan fingerprint density at radius 2 is 2.38 bits per heavy atom. The average molecular weight is 251 g/mol. The summed E-state index contributed by atoms with van der Waals surface area (Å²) in [5, 5.41) is 6.40. The van der Waals surface area contributed by atoms with Crippen molar-refractivity contribution in [2.75, 3.05) is 18.1 Å². The highest BCUT2D eigenvalue weighted by Crippen LogP contribution is 2.14. The molecule has 0 radical (unpaired) electrons. The van der Waals surface area contributed by atoms with Crippen LogP contribution in [0.5, 0.6) is 0 Å². The molecular weight excluding hydrogens is 238 g/mol. The third-order valence-electron chi connectivity index (χ3n) is 2.11. The van der Waals surface area contributed by atoms with Crippen molar-refractivity contribution in [3.05, 3.63) is 34.8 Å². The highest BCUT2D eigenvalue weighted by molar-refractivity contribution is 7.98. The molecule has 0 saturated heterocycles. The molecule has 1 N–H and O–H groups in total. The van der Waals surface area contributed by atoms with E-state index < -0.39 is 0 Å². The van der Waals surface area contributed by atoms with Crippen LogP contribution in [-0.2, 0) is 6.42 Å². The van der Waals surface area contributed by atoms with Gasteiger partial charge in [0, 0.05) is 17.5 Å². The summed E-state index contributed by atoms with van der Waals surface area (Å²) in [4.78, 5) is 9.70. The van der Waals surface area contributed by atoms with Gasteiger partial charge in [0.05, 0.1) is 0 Å². The van der Waals surface area contributed by atoms with E-state index >= 15 is 0 Å². The number of rotatable bonds is 5. The summed E-state index contributed by atoms with van der Waals surface area (Å²) in [7, 11) is 0. The zero-order valence-corrected chi connectivity index (χ0v) is 10.6. The molecule has 0 saturated carbocycles. The normalized spacial score (nSPS) is 10.3. The van der Waals surface area contributed by atoms with Gasteiger partial charge in [-0.2, -0.15) is 0 Å². The minimum Gasteiger partial charge on any atom is -0.370 e. The number of hydrogen-bond acceptors (Lipinski definition) is 5. The minimum absolute atomic E-state index is 0.899. The van der Waals surface area contributed by atoms with Gasteiger partial charge in [0.25, 0.3) is 0 Å². The van der Waals surface area contributed by atoms with Crippen molar-refractivity contribution in [2.24, 2.45) is 0 Å². The first-order valence-corrected chi connectivity index (χ1v) is 7.11. The summed E-state index contributed by atoms with van der Waals surface area (Å²) in [6.07, 6.45) is 4.65. The fraction of sp³-hybridized carbons (Fsp3) is 0.273. The molecule has 3 nitrogen and oxygen atoms in total. The lowest BCUT2D eigenvalue weighted by molar-refractivity contribution is 0.992. The van der Waals surface area contributed by atoms with Crippen LogP contribution in [0.15, 0.2) is 34.9 Å². The maximum Gasteiger partial charge on any atom is 0.130 e. The zero-order valence-electron chi connectivity index (χ0n) is 9.01. The Kier molecular flexibility index (Phi) is 4.18. The molecule has 5 heteroatoms. The molecule has 0 spiro atoms. The molecule has 0 aliphatic carbocycles. The number of aromatic nitrogens is 2. The van der Waals surface area contributed by atoms with Gasteiger partial charge < -0.3 is 5.32 Å². The molecule has 0 aliphatic rings. The number of anilines is 1. The van der Waals surface area contributed by atoms with Gasteiger partial charge in [0.15, 0.2) is 0 Å². The van der Waals surface area contributed by atoms with Crippen LogP contribution in [0.25, 0.3) is 0 Å². The van der Waals surface area contributed by atoms with Crippen LogP contribution in [0.2, 0.25) is 0 Å². The van der Waals surface area contributed by atoms with Crippen LogP contribution in [0, 0.1) is 0 Å². The Hall–Kier alpha value is -1.07. The summed E-state index contributed by atoms with van der Waals surface area (Å²) in [6.45, 7) is 0.908. The van der Waals surface area contributed by atoms with Gasteiger partial charge in [0.2, 0.25) is 0 Å². The number of thioether (sulfide) groups is 1. The molecule has 0 unspecified atom stereocenters. The van der Waals surface area contributed by atoms with Crippen LogP contribution in [-0.4, -0.2) is 22.8 Å². The summed E-state index contributed by atoms with van der Waals surface area (Å²) >= 11 is 3.41. The first-order chi connectivity index (χ1) is 7.88. The molecule has 0 aromatic carbocycles. The number of thiophene rings is 1. The largest absolute Gasteiger partial charge is 0.370 e. The van der Waals surface area contributed by atoms with E-state index in [1.54, 1.807) is 29.4 Å². The first kappa shape index (κ1) is 11.4. The van der Waals surface area contributed by atoms with Crippen molar-refractivity contribution in [1.82, 2.24) is 9.97 Å².